The lowest BCUT2D eigenvalue weighted by Gasteiger charge is -2.07. The van der Waals surface area contributed by atoms with Crippen molar-refractivity contribution in [1.29, 1.82) is 0 Å². The Labute approximate surface area is 161 Å². The Morgan fingerprint density at radius 2 is 2.04 bits per heavy atom. The summed E-state index contributed by atoms with van der Waals surface area (Å²) >= 11 is 3.26. The van der Waals surface area contributed by atoms with E-state index in [1.807, 2.05) is 0 Å². The first-order chi connectivity index (χ1) is 12.8. The van der Waals surface area contributed by atoms with Crippen LogP contribution in [0.2, 0.25) is 0 Å². The second-order valence-corrected chi connectivity index (χ2v) is 6.68. The molecule has 0 aliphatic heterocycles. The van der Waals surface area contributed by atoms with Crippen molar-refractivity contribution >= 4 is 39.3 Å². The van der Waals surface area contributed by atoms with Crippen LogP contribution < -0.4 is 16.7 Å². The normalized spacial score (nSPS) is 11.6. The van der Waals surface area contributed by atoms with E-state index in [-0.39, 0.29) is 36.0 Å². The lowest BCUT2D eigenvalue weighted by atomic mass is 10.2. The monoisotopic (exact) mass is 436 g/mol. The van der Waals surface area contributed by atoms with Crippen LogP contribution in [0, 0.1) is 0 Å². The molecule has 0 aliphatic carbocycles. The first-order valence-corrected chi connectivity index (χ1v) is 8.69. The summed E-state index contributed by atoms with van der Waals surface area (Å²) in [6, 6.07) is 4.95. The van der Waals surface area contributed by atoms with Crippen LogP contribution in [0.5, 0.6) is 5.75 Å². The van der Waals surface area contributed by atoms with E-state index in [0.717, 1.165) is 9.04 Å². The molecular formula is C16H17BrN6O4. The highest BCUT2D eigenvalue weighted by Crippen LogP contribution is 2.21. The van der Waals surface area contributed by atoms with Gasteiger partial charge in [-0.05, 0) is 18.2 Å². The number of hydrazone groups is 1. The van der Waals surface area contributed by atoms with Crippen molar-refractivity contribution in [1.82, 2.24) is 18.7 Å². The molecular weight excluding hydrogens is 420 g/mol. The topological polar surface area (TPSA) is 127 Å². The summed E-state index contributed by atoms with van der Waals surface area (Å²) in [5.74, 6) is 0.222. The van der Waals surface area contributed by atoms with Crippen LogP contribution >= 0.6 is 15.9 Å². The van der Waals surface area contributed by atoms with E-state index < -0.39 is 11.2 Å². The number of hydrogen-bond donors (Lipinski definition) is 3. The summed E-state index contributed by atoms with van der Waals surface area (Å²) in [6.07, 6.45) is 1.39. The van der Waals surface area contributed by atoms with Crippen LogP contribution in [0.3, 0.4) is 0 Å². The molecule has 0 saturated heterocycles. The van der Waals surface area contributed by atoms with E-state index in [0.29, 0.717) is 5.56 Å². The number of nitrogens with zero attached hydrogens (tertiary/aromatic N) is 5. The van der Waals surface area contributed by atoms with E-state index in [2.05, 4.69) is 31.4 Å². The predicted molar refractivity (Wildman–Crippen MR) is 104 cm³/mol. The second kappa shape index (κ2) is 7.37. The lowest BCUT2D eigenvalue weighted by molar-refractivity contribution is 0.278. The van der Waals surface area contributed by atoms with Gasteiger partial charge in [-0.15, -0.1) is 0 Å². The maximum Gasteiger partial charge on any atom is 0.332 e. The van der Waals surface area contributed by atoms with E-state index in [1.54, 1.807) is 12.1 Å². The Morgan fingerprint density at radius 3 is 2.70 bits per heavy atom. The molecule has 0 atom stereocenters. The van der Waals surface area contributed by atoms with E-state index in [1.165, 1.54) is 35.5 Å². The first kappa shape index (κ1) is 18.9. The number of phenols is 1. The van der Waals surface area contributed by atoms with Gasteiger partial charge in [0.05, 0.1) is 12.8 Å². The number of hydrogen-bond acceptors (Lipinski definition) is 7. The quantitative estimate of drug-likeness (QED) is 0.391. The van der Waals surface area contributed by atoms with E-state index >= 15 is 0 Å². The maximum absolute atomic E-state index is 12.5. The number of halogens is 1. The fourth-order valence-electron chi connectivity index (χ4n) is 2.64. The Bertz CT molecular complexity index is 1160. The predicted octanol–water partition coefficient (Wildman–Crippen LogP) is 0.340. The molecule has 0 unspecified atom stereocenters. The standard InChI is InChI=1S/C16H17BrN6O4/c1-21-13-12(14(26)22(2)16(21)27)23(5-6-24)15(19-13)20-18-8-9-3-4-10(17)7-11(9)25/h3-4,7-8,24-25H,5-6H2,1-2H3,(H,19,20)/b18-8+. The van der Waals surface area contributed by atoms with Crippen LogP contribution in [0.1, 0.15) is 5.56 Å². The van der Waals surface area contributed by atoms with Gasteiger partial charge in [0.25, 0.3) is 5.56 Å². The summed E-state index contributed by atoms with van der Waals surface area (Å²) in [5, 5.41) is 23.3. The van der Waals surface area contributed by atoms with Gasteiger partial charge in [-0.1, -0.05) is 15.9 Å². The van der Waals surface area contributed by atoms with Crippen molar-refractivity contribution in [2.45, 2.75) is 6.54 Å². The number of fused-ring (bicyclic) bond motifs is 1. The minimum Gasteiger partial charge on any atom is -0.507 e. The zero-order chi connectivity index (χ0) is 19.7. The van der Waals surface area contributed by atoms with Gasteiger partial charge in [0.15, 0.2) is 11.2 Å². The van der Waals surface area contributed by atoms with E-state index in [9.17, 15) is 19.8 Å². The molecule has 0 radical (unpaired) electrons. The molecule has 3 rings (SSSR count). The third-order valence-corrected chi connectivity index (χ3v) is 4.53. The second-order valence-electron chi connectivity index (χ2n) is 5.76. The minimum absolute atomic E-state index is 0.0371. The smallest absolute Gasteiger partial charge is 0.332 e. The molecule has 0 spiro atoms. The zero-order valence-electron chi connectivity index (χ0n) is 14.5. The fraction of sp³-hybridized carbons (Fsp3) is 0.250. The number of aromatic nitrogens is 4. The average molecular weight is 437 g/mol. The Balaban J connectivity index is 2.06. The van der Waals surface area contributed by atoms with Gasteiger partial charge in [-0.3, -0.25) is 13.9 Å². The van der Waals surface area contributed by atoms with Gasteiger partial charge < -0.3 is 14.8 Å². The van der Waals surface area contributed by atoms with E-state index in [4.69, 9.17) is 0 Å². The van der Waals surface area contributed by atoms with Crippen molar-refractivity contribution in [2.24, 2.45) is 19.2 Å². The summed E-state index contributed by atoms with van der Waals surface area (Å²) in [5.41, 5.74) is 2.51. The maximum atomic E-state index is 12.5. The van der Waals surface area contributed by atoms with Gasteiger partial charge in [-0.2, -0.15) is 10.1 Å². The van der Waals surface area contributed by atoms with Crippen molar-refractivity contribution < 1.29 is 10.2 Å². The number of aromatic hydroxyl groups is 1. The molecule has 0 fully saturated rings. The van der Waals surface area contributed by atoms with Crippen LogP contribution in [-0.4, -0.2) is 41.7 Å². The van der Waals surface area contributed by atoms with Crippen LogP contribution in [0.15, 0.2) is 37.4 Å². The molecule has 142 valence electrons. The molecule has 0 aliphatic rings. The summed E-state index contributed by atoms with van der Waals surface area (Å²) in [7, 11) is 2.88. The molecule has 3 aromatic rings. The SMILES string of the molecule is Cn1c(=O)c2c(nc(N/N=C/c3ccc(Br)cc3O)n2CCO)n(C)c1=O. The number of imidazole rings is 1. The Kier molecular flexibility index (Phi) is 5.15. The van der Waals surface area contributed by atoms with Crippen molar-refractivity contribution in [2.75, 3.05) is 12.0 Å². The van der Waals surface area contributed by atoms with Crippen molar-refractivity contribution in [3.8, 4) is 5.75 Å². The minimum atomic E-state index is -0.517. The van der Waals surface area contributed by atoms with Crippen molar-refractivity contribution in [3.63, 3.8) is 0 Å². The van der Waals surface area contributed by atoms with Gasteiger partial charge in [-0.25, -0.2) is 10.2 Å². The van der Waals surface area contributed by atoms with Crippen LogP contribution in [0.4, 0.5) is 5.95 Å². The number of anilines is 1. The highest BCUT2D eigenvalue weighted by Gasteiger charge is 2.18. The number of aliphatic hydroxyl groups excluding tert-OH is 1. The Hall–Kier alpha value is -2.92. The number of nitrogens with one attached hydrogen (secondary N) is 1. The molecule has 0 amide bonds. The molecule has 11 heteroatoms. The highest BCUT2D eigenvalue weighted by atomic mass is 79.9. The largest absolute Gasteiger partial charge is 0.507 e. The van der Waals surface area contributed by atoms with Crippen LogP contribution in [0.25, 0.3) is 11.2 Å². The van der Waals surface area contributed by atoms with Gasteiger partial charge in [0.1, 0.15) is 5.75 Å². The summed E-state index contributed by atoms with van der Waals surface area (Å²) in [4.78, 5) is 28.8. The molecule has 0 saturated carbocycles. The molecule has 27 heavy (non-hydrogen) atoms. The highest BCUT2D eigenvalue weighted by molar-refractivity contribution is 9.10. The van der Waals surface area contributed by atoms with Gasteiger partial charge in [0.2, 0.25) is 5.95 Å². The molecule has 1 aromatic carbocycles. The first-order valence-electron chi connectivity index (χ1n) is 7.90. The molecule has 3 N–H and O–H groups in total. The number of benzene rings is 1. The number of rotatable bonds is 5. The third-order valence-electron chi connectivity index (χ3n) is 4.03. The third kappa shape index (κ3) is 3.38. The number of phenolic OH excluding ortho intramolecular Hbond substituents is 1. The Morgan fingerprint density at radius 1 is 1.30 bits per heavy atom. The van der Waals surface area contributed by atoms with Crippen LogP contribution in [-0.2, 0) is 20.6 Å². The van der Waals surface area contributed by atoms with Crippen molar-refractivity contribution in [3.05, 3.63) is 49.1 Å². The molecule has 2 aromatic heterocycles. The average Bonchev–Trinajstić information content (AvgIpc) is 2.99. The van der Waals surface area contributed by atoms with Gasteiger partial charge in [0, 0.05) is 30.7 Å². The number of aliphatic hydroxyl groups is 1. The summed E-state index contributed by atoms with van der Waals surface area (Å²) < 4.78 is 4.41. The fourth-order valence-corrected chi connectivity index (χ4v) is 2.98. The van der Waals surface area contributed by atoms with Gasteiger partial charge >= 0.3 is 5.69 Å². The number of aryl methyl sites for hydroxylation is 1. The summed E-state index contributed by atoms with van der Waals surface area (Å²) in [6.45, 7) is -0.144. The zero-order valence-corrected chi connectivity index (χ0v) is 16.1. The lowest BCUT2D eigenvalue weighted by Crippen LogP contribution is -2.37. The molecule has 0 bridgehead atoms. The molecule has 2 heterocycles. The molecule has 10 nitrogen and oxygen atoms in total.